The quantitative estimate of drug-likeness (QED) is 0.639. The van der Waals surface area contributed by atoms with Gasteiger partial charge in [0.15, 0.2) is 0 Å². The standard InChI is InChI=1S/C10H12O2/c1-2-9-10(12-9)11-8-6-4-3-5-7-8/h3-7,9-10H,2H2,1H3. The van der Waals surface area contributed by atoms with Crippen molar-refractivity contribution in [3.05, 3.63) is 30.3 Å². The third-order valence-electron chi connectivity index (χ3n) is 1.93. The number of hydrogen-bond donors (Lipinski definition) is 0. The highest BCUT2D eigenvalue weighted by atomic mass is 16.8. The Morgan fingerprint density at radius 2 is 2.08 bits per heavy atom. The molecular weight excluding hydrogens is 152 g/mol. The SMILES string of the molecule is CCC1OC1Oc1ccccc1. The lowest BCUT2D eigenvalue weighted by Crippen LogP contribution is -2.01. The maximum Gasteiger partial charge on any atom is 0.226 e. The molecule has 12 heavy (non-hydrogen) atoms. The van der Waals surface area contributed by atoms with Crippen molar-refractivity contribution in [3.63, 3.8) is 0 Å². The van der Waals surface area contributed by atoms with Crippen molar-refractivity contribution in [3.8, 4) is 5.75 Å². The summed E-state index contributed by atoms with van der Waals surface area (Å²) in [5.41, 5.74) is 0. The van der Waals surface area contributed by atoms with Crippen LogP contribution in [0.3, 0.4) is 0 Å². The van der Waals surface area contributed by atoms with Gasteiger partial charge in [0.1, 0.15) is 11.9 Å². The van der Waals surface area contributed by atoms with E-state index in [0.29, 0.717) is 6.10 Å². The van der Waals surface area contributed by atoms with Gasteiger partial charge in [0, 0.05) is 0 Å². The molecule has 1 fully saturated rings. The van der Waals surface area contributed by atoms with Crippen molar-refractivity contribution in [2.24, 2.45) is 0 Å². The molecule has 0 saturated carbocycles. The molecule has 1 heterocycles. The molecule has 2 rings (SSSR count). The van der Waals surface area contributed by atoms with Crippen LogP contribution in [-0.4, -0.2) is 12.4 Å². The normalized spacial score (nSPS) is 26.8. The molecule has 1 aromatic rings. The third kappa shape index (κ3) is 1.59. The van der Waals surface area contributed by atoms with Gasteiger partial charge in [-0.2, -0.15) is 0 Å². The van der Waals surface area contributed by atoms with E-state index in [9.17, 15) is 0 Å². The Bertz CT molecular complexity index is 245. The topological polar surface area (TPSA) is 21.8 Å². The van der Waals surface area contributed by atoms with Gasteiger partial charge in [0.2, 0.25) is 6.29 Å². The van der Waals surface area contributed by atoms with Crippen LogP contribution in [-0.2, 0) is 4.74 Å². The fourth-order valence-electron chi connectivity index (χ4n) is 1.15. The summed E-state index contributed by atoms with van der Waals surface area (Å²) in [5, 5.41) is 0. The molecule has 1 saturated heterocycles. The fraction of sp³-hybridized carbons (Fsp3) is 0.400. The van der Waals surface area contributed by atoms with E-state index in [-0.39, 0.29) is 6.29 Å². The number of rotatable bonds is 3. The van der Waals surface area contributed by atoms with Gasteiger partial charge in [-0.1, -0.05) is 25.1 Å². The van der Waals surface area contributed by atoms with E-state index in [4.69, 9.17) is 9.47 Å². The van der Waals surface area contributed by atoms with Crippen molar-refractivity contribution in [1.82, 2.24) is 0 Å². The van der Waals surface area contributed by atoms with E-state index < -0.39 is 0 Å². The van der Waals surface area contributed by atoms with Crippen LogP contribution in [0.4, 0.5) is 0 Å². The lowest BCUT2D eigenvalue weighted by Gasteiger charge is -2.00. The van der Waals surface area contributed by atoms with Crippen LogP contribution in [0.5, 0.6) is 5.75 Å². The summed E-state index contributed by atoms with van der Waals surface area (Å²) in [6, 6.07) is 9.76. The molecule has 0 amide bonds. The molecule has 64 valence electrons. The summed E-state index contributed by atoms with van der Waals surface area (Å²) in [7, 11) is 0. The van der Waals surface area contributed by atoms with Crippen LogP contribution in [0, 0.1) is 0 Å². The highest BCUT2D eigenvalue weighted by Gasteiger charge is 2.39. The lowest BCUT2D eigenvalue weighted by molar-refractivity contribution is 0.178. The molecular formula is C10H12O2. The largest absolute Gasteiger partial charge is 0.462 e. The van der Waals surface area contributed by atoms with Gasteiger partial charge in [0.05, 0.1) is 0 Å². The second-order valence-electron chi connectivity index (χ2n) is 2.88. The minimum absolute atomic E-state index is 0.00241. The van der Waals surface area contributed by atoms with Crippen LogP contribution in [0.2, 0.25) is 0 Å². The first-order chi connectivity index (χ1) is 5.90. The van der Waals surface area contributed by atoms with Gasteiger partial charge in [0.25, 0.3) is 0 Å². The Hall–Kier alpha value is -1.02. The van der Waals surface area contributed by atoms with Crippen LogP contribution >= 0.6 is 0 Å². The highest BCUT2D eigenvalue weighted by molar-refractivity contribution is 5.21. The summed E-state index contributed by atoms with van der Waals surface area (Å²) >= 11 is 0. The van der Waals surface area contributed by atoms with E-state index in [0.717, 1.165) is 12.2 Å². The summed E-state index contributed by atoms with van der Waals surface area (Å²) in [4.78, 5) is 0. The van der Waals surface area contributed by atoms with Gasteiger partial charge in [-0.3, -0.25) is 0 Å². The first kappa shape index (κ1) is 7.62. The second-order valence-corrected chi connectivity index (χ2v) is 2.88. The average molecular weight is 164 g/mol. The summed E-state index contributed by atoms with van der Waals surface area (Å²) in [5.74, 6) is 0.887. The van der Waals surface area contributed by atoms with Crippen molar-refractivity contribution in [2.45, 2.75) is 25.7 Å². The Morgan fingerprint density at radius 1 is 1.33 bits per heavy atom. The molecule has 0 aromatic heterocycles. The Kier molecular flexibility index (Phi) is 2.00. The predicted octanol–water partition coefficient (Wildman–Crippen LogP) is 2.20. The number of epoxide rings is 1. The average Bonchev–Trinajstić information content (AvgIpc) is 2.85. The molecule has 1 aromatic carbocycles. The number of benzene rings is 1. The molecule has 2 atom stereocenters. The molecule has 2 nitrogen and oxygen atoms in total. The van der Waals surface area contributed by atoms with Gasteiger partial charge in [-0.25, -0.2) is 0 Å². The zero-order valence-corrected chi connectivity index (χ0v) is 7.07. The molecule has 2 unspecified atom stereocenters. The van der Waals surface area contributed by atoms with Gasteiger partial charge < -0.3 is 9.47 Å². The van der Waals surface area contributed by atoms with E-state index in [2.05, 4.69) is 6.92 Å². The molecule has 0 aliphatic carbocycles. The number of hydrogen-bond acceptors (Lipinski definition) is 2. The first-order valence-corrected chi connectivity index (χ1v) is 4.27. The van der Waals surface area contributed by atoms with Crippen LogP contribution in [0.25, 0.3) is 0 Å². The van der Waals surface area contributed by atoms with Crippen molar-refractivity contribution < 1.29 is 9.47 Å². The van der Waals surface area contributed by atoms with E-state index >= 15 is 0 Å². The molecule has 0 bridgehead atoms. The van der Waals surface area contributed by atoms with Crippen LogP contribution in [0.15, 0.2) is 30.3 Å². The fourth-order valence-corrected chi connectivity index (χ4v) is 1.15. The minimum Gasteiger partial charge on any atom is -0.462 e. The maximum absolute atomic E-state index is 5.51. The molecule has 1 aliphatic rings. The summed E-state index contributed by atoms with van der Waals surface area (Å²) in [6.45, 7) is 2.10. The second kappa shape index (κ2) is 3.15. The molecule has 0 spiro atoms. The summed E-state index contributed by atoms with van der Waals surface area (Å²) < 4.78 is 10.8. The number of para-hydroxylation sites is 1. The lowest BCUT2D eigenvalue weighted by atomic mass is 10.3. The zero-order valence-electron chi connectivity index (χ0n) is 7.07. The highest BCUT2D eigenvalue weighted by Crippen LogP contribution is 2.27. The smallest absolute Gasteiger partial charge is 0.226 e. The van der Waals surface area contributed by atoms with Crippen molar-refractivity contribution >= 4 is 0 Å². The first-order valence-electron chi connectivity index (χ1n) is 4.27. The molecule has 0 radical (unpaired) electrons. The minimum atomic E-state index is -0.00241. The van der Waals surface area contributed by atoms with E-state index in [1.54, 1.807) is 0 Å². The van der Waals surface area contributed by atoms with Crippen LogP contribution in [0.1, 0.15) is 13.3 Å². The Labute approximate surface area is 72.1 Å². The monoisotopic (exact) mass is 164 g/mol. The van der Waals surface area contributed by atoms with Crippen LogP contribution < -0.4 is 4.74 Å². The van der Waals surface area contributed by atoms with Gasteiger partial charge in [-0.15, -0.1) is 0 Å². The molecule has 0 N–H and O–H groups in total. The summed E-state index contributed by atoms with van der Waals surface area (Å²) in [6.07, 6.45) is 1.33. The Morgan fingerprint density at radius 3 is 2.67 bits per heavy atom. The Balaban J connectivity index is 1.89. The maximum atomic E-state index is 5.51. The zero-order chi connectivity index (χ0) is 8.39. The molecule has 2 heteroatoms. The van der Waals surface area contributed by atoms with Crippen molar-refractivity contribution in [1.29, 1.82) is 0 Å². The predicted molar refractivity (Wildman–Crippen MR) is 46.0 cm³/mol. The third-order valence-corrected chi connectivity index (χ3v) is 1.93. The van der Waals surface area contributed by atoms with Gasteiger partial charge in [-0.05, 0) is 18.6 Å². The number of ether oxygens (including phenoxy) is 2. The van der Waals surface area contributed by atoms with Gasteiger partial charge >= 0.3 is 0 Å². The van der Waals surface area contributed by atoms with E-state index in [1.165, 1.54) is 0 Å². The van der Waals surface area contributed by atoms with Crippen molar-refractivity contribution in [2.75, 3.05) is 0 Å². The van der Waals surface area contributed by atoms with E-state index in [1.807, 2.05) is 30.3 Å². The molecule has 1 aliphatic heterocycles.